The molecule has 0 aliphatic carbocycles. The highest BCUT2D eigenvalue weighted by Gasteiger charge is 2.06. The van der Waals surface area contributed by atoms with Crippen LogP contribution >= 0.6 is 45.2 Å². The first-order valence-electron chi connectivity index (χ1n) is 6.76. The van der Waals surface area contributed by atoms with E-state index >= 15 is 0 Å². The Hall–Kier alpha value is -1.69. The van der Waals surface area contributed by atoms with Crippen LogP contribution in [0.1, 0.15) is 22.8 Å². The van der Waals surface area contributed by atoms with Crippen LogP contribution in [0.25, 0.3) is 0 Å². The maximum Gasteiger partial charge on any atom is 0.271 e. The highest BCUT2D eigenvalue weighted by Crippen LogP contribution is 2.26. The number of nitrogens with zero attached hydrogens (tertiary/aromatic N) is 1. The number of carbonyl (C=O) groups excluding carboxylic acids is 2. The van der Waals surface area contributed by atoms with E-state index in [1.54, 1.807) is 36.4 Å². The summed E-state index contributed by atoms with van der Waals surface area (Å²) in [5.41, 5.74) is 4.25. The Kier molecular flexibility index (Phi) is 6.54. The van der Waals surface area contributed by atoms with Crippen LogP contribution in [-0.4, -0.2) is 23.1 Å². The van der Waals surface area contributed by atoms with Gasteiger partial charge in [0, 0.05) is 18.2 Å². The number of benzene rings is 2. The minimum atomic E-state index is -0.358. The van der Waals surface area contributed by atoms with Gasteiger partial charge in [0.25, 0.3) is 5.91 Å². The summed E-state index contributed by atoms with van der Waals surface area (Å²) < 4.78 is 1.42. The number of phenolic OH excluding ortho intramolecular Hbond substituents is 1. The monoisotopic (exact) mass is 549 g/mol. The fraction of sp³-hybridized carbons (Fsp3) is 0.0625. The van der Waals surface area contributed by atoms with Crippen LogP contribution in [-0.2, 0) is 4.79 Å². The first-order chi connectivity index (χ1) is 11.4. The van der Waals surface area contributed by atoms with Crippen molar-refractivity contribution >= 4 is 68.9 Å². The number of hydrogen-bond acceptors (Lipinski definition) is 4. The zero-order valence-electron chi connectivity index (χ0n) is 12.5. The van der Waals surface area contributed by atoms with Gasteiger partial charge in [-0.1, -0.05) is 0 Å². The van der Waals surface area contributed by atoms with E-state index in [1.165, 1.54) is 13.1 Å². The third-order valence-corrected chi connectivity index (χ3v) is 4.53. The van der Waals surface area contributed by atoms with Gasteiger partial charge in [-0.25, -0.2) is 5.43 Å². The molecule has 0 spiro atoms. The number of anilines is 1. The number of hydrogen-bond donors (Lipinski definition) is 3. The molecule has 0 saturated carbocycles. The lowest BCUT2D eigenvalue weighted by atomic mass is 10.2. The summed E-state index contributed by atoms with van der Waals surface area (Å²) in [4.78, 5) is 23.0. The molecule has 6 nitrogen and oxygen atoms in total. The first kappa shape index (κ1) is 18.6. The second kappa shape index (κ2) is 8.42. The Balaban J connectivity index is 2.01. The van der Waals surface area contributed by atoms with Crippen molar-refractivity contribution in [2.24, 2.45) is 5.10 Å². The molecule has 8 heteroatoms. The van der Waals surface area contributed by atoms with Crippen molar-refractivity contribution in [1.82, 2.24) is 5.43 Å². The molecule has 3 N–H and O–H groups in total. The SMILES string of the molecule is CC(=O)Nc1ccc(C(=O)N/N=C\c2cc(I)c(O)c(I)c2)cc1. The van der Waals surface area contributed by atoms with Crippen molar-refractivity contribution in [3.63, 3.8) is 0 Å². The number of rotatable bonds is 4. The van der Waals surface area contributed by atoms with Gasteiger partial charge in [0.2, 0.25) is 5.91 Å². The fourth-order valence-corrected chi connectivity index (χ4v) is 3.61. The first-order valence-corrected chi connectivity index (χ1v) is 8.91. The minimum absolute atomic E-state index is 0.171. The van der Waals surface area contributed by atoms with Gasteiger partial charge in [-0.05, 0) is 87.1 Å². The van der Waals surface area contributed by atoms with Gasteiger partial charge in [0.1, 0.15) is 5.75 Å². The zero-order chi connectivity index (χ0) is 17.7. The molecule has 24 heavy (non-hydrogen) atoms. The van der Waals surface area contributed by atoms with Crippen molar-refractivity contribution in [3.05, 3.63) is 54.7 Å². The smallest absolute Gasteiger partial charge is 0.271 e. The van der Waals surface area contributed by atoms with Gasteiger partial charge in [-0.3, -0.25) is 9.59 Å². The van der Waals surface area contributed by atoms with E-state index in [1.807, 2.05) is 45.2 Å². The number of nitrogens with one attached hydrogen (secondary N) is 2. The molecule has 2 aromatic carbocycles. The Morgan fingerprint density at radius 2 is 1.71 bits per heavy atom. The van der Waals surface area contributed by atoms with Gasteiger partial charge in [0.05, 0.1) is 13.4 Å². The number of halogens is 2. The average molecular weight is 549 g/mol. The standard InChI is InChI=1S/C16H13I2N3O3/c1-9(22)20-12-4-2-11(3-5-12)16(24)21-19-8-10-6-13(17)15(23)14(18)7-10/h2-8,23H,1H3,(H,20,22)(H,21,24)/b19-8-. The number of carbonyl (C=O) groups is 2. The van der Waals surface area contributed by atoms with E-state index in [2.05, 4.69) is 15.8 Å². The third kappa shape index (κ3) is 5.16. The van der Waals surface area contributed by atoms with Crippen LogP contribution in [0.2, 0.25) is 0 Å². The highest BCUT2D eigenvalue weighted by molar-refractivity contribution is 14.1. The van der Waals surface area contributed by atoms with Crippen molar-refractivity contribution in [2.75, 3.05) is 5.32 Å². The maximum absolute atomic E-state index is 12.0. The van der Waals surface area contributed by atoms with Crippen molar-refractivity contribution in [3.8, 4) is 5.75 Å². The van der Waals surface area contributed by atoms with E-state index in [0.717, 1.165) is 5.56 Å². The largest absolute Gasteiger partial charge is 0.506 e. The summed E-state index contributed by atoms with van der Waals surface area (Å²) in [5.74, 6) is -0.296. The Bertz CT molecular complexity index is 782. The predicted molar refractivity (Wildman–Crippen MR) is 109 cm³/mol. The average Bonchev–Trinajstić information content (AvgIpc) is 2.52. The number of amides is 2. The van der Waals surface area contributed by atoms with Gasteiger partial charge < -0.3 is 10.4 Å². The summed E-state index contributed by atoms with van der Waals surface area (Å²) in [5, 5.41) is 16.3. The molecule has 0 aliphatic rings. The van der Waals surface area contributed by atoms with E-state index in [-0.39, 0.29) is 17.6 Å². The van der Waals surface area contributed by atoms with Crippen LogP contribution in [0.4, 0.5) is 5.69 Å². The predicted octanol–water partition coefficient (Wildman–Crippen LogP) is 3.32. The molecule has 0 aromatic heterocycles. The van der Waals surface area contributed by atoms with E-state index in [0.29, 0.717) is 18.4 Å². The maximum atomic E-state index is 12.0. The molecule has 0 saturated heterocycles. The zero-order valence-corrected chi connectivity index (χ0v) is 16.8. The topological polar surface area (TPSA) is 90.8 Å². The molecule has 0 heterocycles. The minimum Gasteiger partial charge on any atom is -0.506 e. The molecule has 2 amide bonds. The molecule has 2 rings (SSSR count). The Morgan fingerprint density at radius 1 is 1.12 bits per heavy atom. The summed E-state index contributed by atoms with van der Waals surface area (Å²) >= 11 is 4.05. The lowest BCUT2D eigenvalue weighted by molar-refractivity contribution is -0.114. The van der Waals surface area contributed by atoms with Crippen molar-refractivity contribution < 1.29 is 14.7 Å². The summed E-state index contributed by atoms with van der Waals surface area (Å²) in [6, 6.07) is 10.0. The number of phenols is 1. The number of aromatic hydroxyl groups is 1. The van der Waals surface area contributed by atoms with Crippen molar-refractivity contribution in [1.29, 1.82) is 0 Å². The van der Waals surface area contributed by atoms with Crippen LogP contribution < -0.4 is 10.7 Å². The molecular formula is C16H13I2N3O3. The number of hydrazone groups is 1. The molecule has 0 aliphatic heterocycles. The van der Waals surface area contributed by atoms with E-state index < -0.39 is 0 Å². The molecule has 0 bridgehead atoms. The van der Waals surface area contributed by atoms with Crippen LogP contribution in [0, 0.1) is 7.14 Å². The fourth-order valence-electron chi connectivity index (χ4n) is 1.80. The van der Waals surface area contributed by atoms with E-state index in [4.69, 9.17) is 0 Å². The molecule has 0 unspecified atom stereocenters. The lowest BCUT2D eigenvalue weighted by Gasteiger charge is -2.04. The third-order valence-electron chi connectivity index (χ3n) is 2.89. The molecular weight excluding hydrogens is 536 g/mol. The van der Waals surface area contributed by atoms with Crippen LogP contribution in [0.15, 0.2) is 41.5 Å². The van der Waals surface area contributed by atoms with E-state index in [9.17, 15) is 14.7 Å². The molecule has 0 radical (unpaired) electrons. The van der Waals surface area contributed by atoms with Gasteiger partial charge >= 0.3 is 0 Å². The summed E-state index contributed by atoms with van der Waals surface area (Å²) in [6.45, 7) is 1.42. The van der Waals surface area contributed by atoms with Crippen LogP contribution in [0.3, 0.4) is 0 Å². The summed E-state index contributed by atoms with van der Waals surface area (Å²) in [6.07, 6.45) is 1.51. The molecule has 0 fully saturated rings. The van der Waals surface area contributed by atoms with Crippen molar-refractivity contribution in [2.45, 2.75) is 6.92 Å². The summed E-state index contributed by atoms with van der Waals surface area (Å²) in [7, 11) is 0. The molecule has 0 atom stereocenters. The van der Waals surface area contributed by atoms with Crippen LogP contribution in [0.5, 0.6) is 5.75 Å². The molecule has 2 aromatic rings. The van der Waals surface area contributed by atoms with Gasteiger partial charge in [-0.2, -0.15) is 5.10 Å². The molecule has 124 valence electrons. The van der Waals surface area contributed by atoms with Gasteiger partial charge in [0.15, 0.2) is 0 Å². The lowest BCUT2D eigenvalue weighted by Crippen LogP contribution is -2.17. The Labute approximate surface area is 166 Å². The van der Waals surface area contributed by atoms with Gasteiger partial charge in [-0.15, -0.1) is 0 Å². The second-order valence-electron chi connectivity index (χ2n) is 4.79. The Morgan fingerprint density at radius 3 is 2.25 bits per heavy atom. The quantitative estimate of drug-likeness (QED) is 0.311. The highest BCUT2D eigenvalue weighted by atomic mass is 127. The second-order valence-corrected chi connectivity index (χ2v) is 7.12. The normalized spacial score (nSPS) is 10.6.